The van der Waals surface area contributed by atoms with Gasteiger partial charge in [-0.2, -0.15) is 5.10 Å². The molecule has 0 saturated carbocycles. The maximum atomic E-state index is 5.56. The average Bonchev–Trinajstić information content (AvgIpc) is 2.86. The van der Waals surface area contributed by atoms with Crippen molar-refractivity contribution < 1.29 is 9.47 Å². The van der Waals surface area contributed by atoms with Crippen LogP contribution in [0, 0.1) is 0 Å². The van der Waals surface area contributed by atoms with Crippen LogP contribution in [0.15, 0.2) is 41.1 Å². The van der Waals surface area contributed by atoms with Crippen molar-refractivity contribution in [1.29, 1.82) is 0 Å². The van der Waals surface area contributed by atoms with E-state index in [1.54, 1.807) is 6.20 Å². The van der Waals surface area contributed by atoms with Gasteiger partial charge in [0.05, 0.1) is 12.4 Å². The fraction of sp³-hybridized carbons (Fsp3) is 0.357. The third-order valence-electron chi connectivity index (χ3n) is 2.54. The van der Waals surface area contributed by atoms with E-state index in [1.165, 1.54) is 0 Å². The van der Waals surface area contributed by atoms with Gasteiger partial charge in [-0.15, -0.1) is 0 Å². The summed E-state index contributed by atoms with van der Waals surface area (Å²) in [5.74, 6) is 1.61. The quantitative estimate of drug-likeness (QED) is 0.760. The van der Waals surface area contributed by atoms with E-state index in [0.29, 0.717) is 19.3 Å². The average molecular weight is 325 g/mol. The van der Waals surface area contributed by atoms with E-state index < -0.39 is 0 Å². The first-order valence-corrected chi connectivity index (χ1v) is 7.00. The van der Waals surface area contributed by atoms with Crippen LogP contribution in [0.5, 0.6) is 11.5 Å². The van der Waals surface area contributed by atoms with Crippen molar-refractivity contribution in [1.82, 2.24) is 9.78 Å². The number of nitrogens with zero attached hydrogens (tertiary/aromatic N) is 2. The zero-order chi connectivity index (χ0) is 13.7. The molecule has 1 heterocycles. The maximum absolute atomic E-state index is 5.56. The molecule has 102 valence electrons. The second-order valence-electron chi connectivity index (χ2n) is 4.40. The highest BCUT2D eigenvalue weighted by atomic mass is 79.9. The van der Waals surface area contributed by atoms with Gasteiger partial charge in [-0.1, -0.05) is 15.9 Å². The van der Waals surface area contributed by atoms with Crippen molar-refractivity contribution in [2.45, 2.75) is 19.9 Å². The standard InChI is InChI=1S/C14H17BrN2O2/c1-11(2)17-10-14(9-16-17)19-8-7-18-13-5-3-12(15)4-6-13/h3-6,9-11H,7-8H2,1-2H3. The van der Waals surface area contributed by atoms with Gasteiger partial charge in [-0.25, -0.2) is 0 Å². The lowest BCUT2D eigenvalue weighted by Crippen LogP contribution is -2.08. The van der Waals surface area contributed by atoms with Crippen LogP contribution in [-0.4, -0.2) is 23.0 Å². The number of halogens is 1. The summed E-state index contributed by atoms with van der Waals surface area (Å²) in [5.41, 5.74) is 0. The molecule has 4 nitrogen and oxygen atoms in total. The fourth-order valence-corrected chi connectivity index (χ4v) is 1.79. The molecule has 0 bridgehead atoms. The van der Waals surface area contributed by atoms with Crippen LogP contribution in [-0.2, 0) is 0 Å². The topological polar surface area (TPSA) is 36.3 Å². The lowest BCUT2D eigenvalue weighted by atomic mass is 10.3. The number of hydrogen-bond acceptors (Lipinski definition) is 3. The molecule has 0 aliphatic rings. The van der Waals surface area contributed by atoms with Crippen LogP contribution in [0.1, 0.15) is 19.9 Å². The molecule has 0 radical (unpaired) electrons. The van der Waals surface area contributed by atoms with Crippen molar-refractivity contribution in [3.63, 3.8) is 0 Å². The van der Waals surface area contributed by atoms with E-state index in [-0.39, 0.29) is 0 Å². The normalized spacial score (nSPS) is 10.7. The van der Waals surface area contributed by atoms with Crippen LogP contribution >= 0.6 is 15.9 Å². The zero-order valence-electron chi connectivity index (χ0n) is 11.0. The van der Waals surface area contributed by atoms with Gasteiger partial charge in [0, 0.05) is 10.5 Å². The summed E-state index contributed by atoms with van der Waals surface area (Å²) in [5, 5.41) is 4.21. The Morgan fingerprint density at radius 2 is 1.74 bits per heavy atom. The van der Waals surface area contributed by atoms with E-state index in [4.69, 9.17) is 9.47 Å². The molecular formula is C14H17BrN2O2. The Hall–Kier alpha value is -1.49. The van der Waals surface area contributed by atoms with E-state index >= 15 is 0 Å². The Balaban J connectivity index is 1.72. The van der Waals surface area contributed by atoms with Crippen molar-refractivity contribution in [3.8, 4) is 11.5 Å². The molecule has 0 unspecified atom stereocenters. The highest BCUT2D eigenvalue weighted by molar-refractivity contribution is 9.10. The number of ether oxygens (including phenoxy) is 2. The molecule has 0 spiro atoms. The van der Waals surface area contributed by atoms with Crippen molar-refractivity contribution in [2.24, 2.45) is 0 Å². The van der Waals surface area contributed by atoms with Gasteiger partial charge >= 0.3 is 0 Å². The molecule has 0 amide bonds. The van der Waals surface area contributed by atoms with Gasteiger partial charge in [-0.3, -0.25) is 4.68 Å². The Labute approximate surface area is 121 Å². The summed E-state index contributed by atoms with van der Waals surface area (Å²) in [6.07, 6.45) is 3.62. The molecule has 0 N–H and O–H groups in total. The van der Waals surface area contributed by atoms with Crippen LogP contribution in [0.3, 0.4) is 0 Å². The number of rotatable bonds is 6. The second-order valence-corrected chi connectivity index (χ2v) is 5.32. The van der Waals surface area contributed by atoms with Gasteiger partial charge in [0.15, 0.2) is 5.75 Å². The third kappa shape index (κ3) is 4.28. The molecule has 0 aliphatic carbocycles. The summed E-state index contributed by atoms with van der Waals surface area (Å²) in [6, 6.07) is 8.07. The Bertz CT molecular complexity index is 508. The first-order chi connectivity index (χ1) is 9.15. The summed E-state index contributed by atoms with van der Waals surface area (Å²) < 4.78 is 14.0. The molecule has 0 saturated heterocycles. The summed E-state index contributed by atoms with van der Waals surface area (Å²) in [7, 11) is 0. The summed E-state index contributed by atoms with van der Waals surface area (Å²) in [4.78, 5) is 0. The predicted octanol–water partition coefficient (Wildman–Crippen LogP) is 3.68. The maximum Gasteiger partial charge on any atom is 0.157 e. The predicted molar refractivity (Wildman–Crippen MR) is 77.7 cm³/mol. The summed E-state index contributed by atoms with van der Waals surface area (Å²) >= 11 is 3.38. The highest BCUT2D eigenvalue weighted by Crippen LogP contribution is 2.16. The van der Waals surface area contributed by atoms with Gasteiger partial charge in [-0.05, 0) is 38.1 Å². The molecular weight excluding hydrogens is 308 g/mol. The van der Waals surface area contributed by atoms with Crippen molar-refractivity contribution in [3.05, 3.63) is 41.1 Å². The van der Waals surface area contributed by atoms with Gasteiger partial charge in [0.2, 0.25) is 0 Å². The molecule has 0 fully saturated rings. The monoisotopic (exact) mass is 324 g/mol. The largest absolute Gasteiger partial charge is 0.490 e. The Kier molecular flexibility index (Phi) is 4.85. The fourth-order valence-electron chi connectivity index (χ4n) is 1.53. The van der Waals surface area contributed by atoms with Crippen molar-refractivity contribution >= 4 is 15.9 Å². The molecule has 0 atom stereocenters. The zero-order valence-corrected chi connectivity index (χ0v) is 12.6. The minimum absolute atomic E-state index is 0.344. The molecule has 2 rings (SSSR count). The smallest absolute Gasteiger partial charge is 0.157 e. The number of benzene rings is 1. The molecule has 1 aromatic heterocycles. The van der Waals surface area contributed by atoms with Crippen LogP contribution in [0.2, 0.25) is 0 Å². The van der Waals surface area contributed by atoms with E-state index in [0.717, 1.165) is 16.0 Å². The van der Waals surface area contributed by atoms with Gasteiger partial charge in [0.25, 0.3) is 0 Å². The molecule has 2 aromatic rings. The minimum Gasteiger partial charge on any atom is -0.490 e. The minimum atomic E-state index is 0.344. The van der Waals surface area contributed by atoms with Crippen molar-refractivity contribution in [2.75, 3.05) is 13.2 Å². The van der Waals surface area contributed by atoms with E-state index in [1.807, 2.05) is 35.1 Å². The lowest BCUT2D eigenvalue weighted by Gasteiger charge is -2.07. The van der Waals surface area contributed by atoms with Crippen LogP contribution in [0.4, 0.5) is 0 Å². The first kappa shape index (κ1) is 13.9. The van der Waals surface area contributed by atoms with E-state index in [9.17, 15) is 0 Å². The summed E-state index contributed by atoms with van der Waals surface area (Å²) in [6.45, 7) is 5.16. The number of aromatic nitrogens is 2. The highest BCUT2D eigenvalue weighted by Gasteiger charge is 2.02. The number of hydrogen-bond donors (Lipinski definition) is 0. The Morgan fingerprint density at radius 1 is 1.11 bits per heavy atom. The van der Waals surface area contributed by atoms with Gasteiger partial charge < -0.3 is 9.47 Å². The second kappa shape index (κ2) is 6.61. The van der Waals surface area contributed by atoms with Crippen LogP contribution < -0.4 is 9.47 Å². The third-order valence-corrected chi connectivity index (χ3v) is 3.07. The van der Waals surface area contributed by atoms with Gasteiger partial charge in [0.1, 0.15) is 19.0 Å². The molecule has 0 aliphatic heterocycles. The lowest BCUT2D eigenvalue weighted by molar-refractivity contribution is 0.217. The van der Waals surface area contributed by atoms with Crippen LogP contribution in [0.25, 0.3) is 0 Å². The SMILES string of the molecule is CC(C)n1cc(OCCOc2ccc(Br)cc2)cn1. The van der Waals surface area contributed by atoms with E-state index in [2.05, 4.69) is 34.9 Å². The first-order valence-electron chi connectivity index (χ1n) is 6.20. The molecule has 5 heteroatoms. The molecule has 19 heavy (non-hydrogen) atoms. The Morgan fingerprint density at radius 3 is 2.32 bits per heavy atom. The molecule has 1 aromatic carbocycles.